The van der Waals surface area contributed by atoms with E-state index in [9.17, 15) is 0 Å². The minimum atomic E-state index is 0.591. The third kappa shape index (κ3) is 2.05. The molecule has 0 N–H and O–H groups in total. The van der Waals surface area contributed by atoms with Gasteiger partial charge >= 0.3 is 0 Å². The molecule has 0 nitrogen and oxygen atoms in total. The predicted octanol–water partition coefficient (Wildman–Crippen LogP) is 3.96. The zero-order valence-corrected chi connectivity index (χ0v) is 11.5. The highest BCUT2D eigenvalue weighted by molar-refractivity contribution is 6.49. The molecule has 0 aromatic heterocycles. The van der Waals surface area contributed by atoms with Gasteiger partial charge in [-0.25, -0.2) is 0 Å². The van der Waals surface area contributed by atoms with Crippen molar-refractivity contribution in [2.24, 2.45) is 5.92 Å². The summed E-state index contributed by atoms with van der Waals surface area (Å²) >= 11 is 0. The van der Waals surface area contributed by atoms with Crippen LogP contribution in [-0.2, 0) is 0 Å². The third-order valence-electron chi connectivity index (χ3n) is 3.17. The minimum absolute atomic E-state index is 0.591. The second kappa shape index (κ2) is 4.42. The van der Waals surface area contributed by atoms with Crippen molar-refractivity contribution < 1.29 is 0 Å². The smallest absolute Gasteiger partial charge is 0.0903 e. The monoisotopic (exact) mass is 226 g/mol. The number of fused-ring (bicyclic) bond motifs is 1. The average molecular weight is 226 g/mol. The quantitative estimate of drug-likeness (QED) is 0.594. The number of rotatable bonds is 1. The van der Waals surface area contributed by atoms with Crippen LogP contribution in [0.1, 0.15) is 27.7 Å². The molecule has 1 aliphatic carbocycles. The lowest BCUT2D eigenvalue weighted by atomic mass is 9.93. The highest BCUT2D eigenvalue weighted by atomic mass is 28.2. The van der Waals surface area contributed by atoms with Crippen LogP contribution in [0.3, 0.4) is 0 Å². The molecule has 0 saturated heterocycles. The van der Waals surface area contributed by atoms with Gasteiger partial charge in [-0.15, -0.1) is 0 Å². The molecule has 0 unspecified atom stereocenters. The topological polar surface area (TPSA) is 0 Å². The molecule has 0 bridgehead atoms. The summed E-state index contributed by atoms with van der Waals surface area (Å²) in [6.45, 7) is 8.94. The zero-order chi connectivity index (χ0) is 11.7. The first-order valence-electron chi connectivity index (χ1n) is 5.84. The van der Waals surface area contributed by atoms with Crippen molar-refractivity contribution in [3.05, 3.63) is 57.5 Å². The number of hydrogen-bond acceptors (Lipinski definition) is 0. The molecule has 1 aliphatic heterocycles. The van der Waals surface area contributed by atoms with Crippen LogP contribution in [0, 0.1) is 5.92 Å². The van der Waals surface area contributed by atoms with Crippen LogP contribution in [0.2, 0.25) is 0 Å². The fraction of sp³-hybridized carbons (Fsp3) is 0.333. The van der Waals surface area contributed by atoms with Crippen molar-refractivity contribution in [3.63, 3.8) is 0 Å². The Morgan fingerprint density at radius 2 is 1.69 bits per heavy atom. The number of hydrogen-bond donors (Lipinski definition) is 0. The SMILES string of the molecule is CC1=CC=C(C(C)C)C=C2C(C)=C[Si]C=C12. The summed E-state index contributed by atoms with van der Waals surface area (Å²) in [5.41, 5.74) is 11.8. The van der Waals surface area contributed by atoms with Gasteiger partial charge in [0.2, 0.25) is 0 Å². The summed E-state index contributed by atoms with van der Waals surface area (Å²) in [6.07, 6.45) is 6.88. The van der Waals surface area contributed by atoms with Crippen molar-refractivity contribution in [1.29, 1.82) is 0 Å². The molecule has 16 heavy (non-hydrogen) atoms. The van der Waals surface area contributed by atoms with Crippen molar-refractivity contribution in [2.75, 3.05) is 0 Å². The van der Waals surface area contributed by atoms with Crippen LogP contribution in [0.15, 0.2) is 57.5 Å². The van der Waals surface area contributed by atoms with Gasteiger partial charge in [0.05, 0.1) is 0 Å². The lowest BCUT2D eigenvalue weighted by Gasteiger charge is -2.17. The van der Waals surface area contributed by atoms with Crippen LogP contribution in [0.5, 0.6) is 0 Å². The van der Waals surface area contributed by atoms with Crippen molar-refractivity contribution in [1.82, 2.24) is 0 Å². The van der Waals surface area contributed by atoms with Crippen LogP contribution in [0.4, 0.5) is 0 Å². The lowest BCUT2D eigenvalue weighted by molar-refractivity contribution is 0.791. The number of allylic oxidation sites excluding steroid dienone is 8. The van der Waals surface area contributed by atoms with E-state index in [1.54, 1.807) is 0 Å². The summed E-state index contributed by atoms with van der Waals surface area (Å²) in [5, 5.41) is 0. The molecule has 2 aliphatic rings. The van der Waals surface area contributed by atoms with E-state index in [4.69, 9.17) is 0 Å². The second-order valence-corrected chi connectivity index (χ2v) is 5.69. The summed E-state index contributed by atoms with van der Waals surface area (Å²) in [7, 11) is 0.833. The van der Waals surface area contributed by atoms with Crippen LogP contribution in [0.25, 0.3) is 0 Å². The van der Waals surface area contributed by atoms with Gasteiger partial charge in [-0.3, -0.25) is 0 Å². The van der Waals surface area contributed by atoms with E-state index in [2.05, 4.69) is 57.3 Å². The summed E-state index contributed by atoms with van der Waals surface area (Å²) in [5.74, 6) is 0.591. The van der Waals surface area contributed by atoms with E-state index < -0.39 is 0 Å². The maximum Gasteiger partial charge on any atom is 0.102 e. The fourth-order valence-electron chi connectivity index (χ4n) is 2.02. The van der Waals surface area contributed by atoms with E-state index in [0.29, 0.717) is 5.92 Å². The highest BCUT2D eigenvalue weighted by Crippen LogP contribution is 2.32. The summed E-state index contributed by atoms with van der Waals surface area (Å²) in [4.78, 5) is 0. The molecule has 0 aromatic rings. The maximum atomic E-state index is 2.36. The zero-order valence-electron chi connectivity index (χ0n) is 10.5. The normalized spacial score (nSPS) is 20.2. The van der Waals surface area contributed by atoms with Gasteiger partial charge in [0.25, 0.3) is 0 Å². The van der Waals surface area contributed by atoms with Gasteiger partial charge in [0.1, 0.15) is 9.52 Å². The Balaban J connectivity index is 2.52. The molecular weight excluding hydrogens is 208 g/mol. The second-order valence-electron chi connectivity index (χ2n) is 4.78. The standard InChI is InChI=1S/C15H18Si/c1-10(2)13-6-5-11(3)15-9-16-8-12(4)14(15)7-13/h5-10H,1-4H3. The first-order valence-corrected chi connectivity index (χ1v) is 6.99. The fourth-order valence-corrected chi connectivity index (χ4v) is 3.06. The van der Waals surface area contributed by atoms with Crippen molar-refractivity contribution in [3.8, 4) is 0 Å². The molecule has 0 fully saturated rings. The first kappa shape index (κ1) is 11.4. The van der Waals surface area contributed by atoms with Gasteiger partial charge in [-0.1, -0.05) is 49.0 Å². The van der Waals surface area contributed by atoms with E-state index in [-0.39, 0.29) is 0 Å². The molecule has 0 spiro atoms. The Morgan fingerprint density at radius 3 is 2.38 bits per heavy atom. The average Bonchev–Trinajstić information content (AvgIpc) is 2.40. The molecule has 0 saturated carbocycles. The lowest BCUT2D eigenvalue weighted by Crippen LogP contribution is -2.03. The third-order valence-corrected chi connectivity index (χ3v) is 4.23. The Labute approximate surface area is 101 Å². The predicted molar refractivity (Wildman–Crippen MR) is 72.4 cm³/mol. The van der Waals surface area contributed by atoms with E-state index in [1.807, 2.05) is 0 Å². The molecular formula is C15H18Si. The van der Waals surface area contributed by atoms with Crippen LogP contribution < -0.4 is 0 Å². The summed E-state index contributed by atoms with van der Waals surface area (Å²) in [6, 6.07) is 0. The molecule has 0 aromatic carbocycles. The summed E-state index contributed by atoms with van der Waals surface area (Å²) < 4.78 is 0. The Kier molecular flexibility index (Phi) is 3.15. The van der Waals surface area contributed by atoms with Crippen LogP contribution >= 0.6 is 0 Å². The highest BCUT2D eigenvalue weighted by Gasteiger charge is 2.15. The molecule has 0 amide bonds. The maximum absolute atomic E-state index is 2.36. The van der Waals surface area contributed by atoms with Gasteiger partial charge in [0.15, 0.2) is 0 Å². The van der Waals surface area contributed by atoms with E-state index in [0.717, 1.165) is 9.52 Å². The van der Waals surface area contributed by atoms with Crippen molar-refractivity contribution >= 4 is 9.52 Å². The van der Waals surface area contributed by atoms with Gasteiger partial charge in [-0.2, -0.15) is 0 Å². The van der Waals surface area contributed by atoms with E-state index in [1.165, 1.54) is 27.9 Å². The molecule has 82 valence electrons. The van der Waals surface area contributed by atoms with Gasteiger partial charge < -0.3 is 0 Å². The Morgan fingerprint density at radius 1 is 0.938 bits per heavy atom. The van der Waals surface area contributed by atoms with Crippen molar-refractivity contribution in [2.45, 2.75) is 27.7 Å². The molecule has 1 heteroatoms. The van der Waals surface area contributed by atoms with E-state index >= 15 is 0 Å². The first-order chi connectivity index (χ1) is 7.59. The van der Waals surface area contributed by atoms with Gasteiger partial charge in [0, 0.05) is 0 Å². The van der Waals surface area contributed by atoms with Crippen LogP contribution in [-0.4, -0.2) is 9.52 Å². The Bertz CT molecular complexity index is 454. The molecule has 2 radical (unpaired) electrons. The molecule has 2 rings (SSSR count). The molecule has 0 atom stereocenters. The minimum Gasteiger partial charge on any atom is -0.0903 e. The molecule has 1 heterocycles. The largest absolute Gasteiger partial charge is 0.102 e. The van der Waals surface area contributed by atoms with Gasteiger partial charge in [-0.05, 0) is 42.1 Å². The Hall–Kier alpha value is -1.08.